The molecule has 15 heteroatoms. The number of aliphatic hydroxyl groups excluding tert-OH is 1. The molecule has 0 spiro atoms. The van der Waals surface area contributed by atoms with E-state index in [0.29, 0.717) is 0 Å². The largest absolute Gasteiger partial charge is 0.460 e. The van der Waals surface area contributed by atoms with Crippen molar-refractivity contribution < 1.29 is 66.9 Å². The van der Waals surface area contributed by atoms with E-state index in [1.807, 2.05) is 0 Å². The Morgan fingerprint density at radius 2 is 1.08 bits per heavy atom. The third-order valence-corrected chi connectivity index (χ3v) is 3.72. The molecule has 0 amide bonds. The molecule has 1 heterocycles. The maximum atomic E-state index is 13.7. The minimum Gasteiger partial charge on any atom is -0.367 e. The first-order valence-corrected chi connectivity index (χ1v) is 6.52. The minimum atomic E-state index is -7.94. The highest BCUT2D eigenvalue weighted by molar-refractivity contribution is 5.11. The summed E-state index contributed by atoms with van der Waals surface area (Å²) in [4.78, 5) is 0. The summed E-state index contributed by atoms with van der Waals surface area (Å²) in [5, 5.41) is 9.03. The summed E-state index contributed by atoms with van der Waals surface area (Å²) in [6.45, 7) is -0.502. The minimum absolute atomic E-state index is 0.502. The van der Waals surface area contributed by atoms with Crippen LogP contribution in [0.15, 0.2) is 0 Å². The molecular formula is C11H9F13O2. The quantitative estimate of drug-likeness (QED) is 0.666. The maximum Gasteiger partial charge on any atom is 0.460 e. The molecule has 0 radical (unpaired) electrons. The SMILES string of the molecule is O[C@H]1OCCC[C@H]1C(F)(F)C(F)(F)C(F)(F)C(F)(F)C(F)(F)C(F)(F)F. The summed E-state index contributed by atoms with van der Waals surface area (Å²) in [5.74, 6) is -40.5. The first-order chi connectivity index (χ1) is 11.3. The van der Waals surface area contributed by atoms with Crippen molar-refractivity contribution in [2.45, 2.75) is 54.9 Å². The molecule has 0 aromatic heterocycles. The number of hydrogen-bond donors (Lipinski definition) is 1. The number of alkyl halides is 13. The van der Waals surface area contributed by atoms with Gasteiger partial charge in [0.25, 0.3) is 0 Å². The second-order valence-electron chi connectivity index (χ2n) is 5.43. The van der Waals surface area contributed by atoms with Gasteiger partial charge in [-0.25, -0.2) is 0 Å². The van der Waals surface area contributed by atoms with Crippen molar-refractivity contribution in [3.8, 4) is 0 Å². The first kappa shape index (κ1) is 23.0. The van der Waals surface area contributed by atoms with Crippen molar-refractivity contribution in [3.05, 3.63) is 0 Å². The zero-order valence-corrected chi connectivity index (χ0v) is 12.0. The molecule has 1 aliphatic heterocycles. The molecule has 0 unspecified atom stereocenters. The van der Waals surface area contributed by atoms with Gasteiger partial charge >= 0.3 is 35.8 Å². The monoisotopic (exact) mass is 420 g/mol. The van der Waals surface area contributed by atoms with Gasteiger partial charge in [0.2, 0.25) is 0 Å². The lowest BCUT2D eigenvalue weighted by Gasteiger charge is -2.43. The summed E-state index contributed by atoms with van der Waals surface area (Å²) in [6, 6.07) is 0. The van der Waals surface area contributed by atoms with Gasteiger partial charge in [-0.2, -0.15) is 57.1 Å². The van der Waals surface area contributed by atoms with Gasteiger partial charge in [-0.15, -0.1) is 0 Å². The number of aliphatic hydroxyl groups is 1. The lowest BCUT2D eigenvalue weighted by Crippen LogP contribution is -2.71. The summed E-state index contributed by atoms with van der Waals surface area (Å²) < 4.78 is 172. The van der Waals surface area contributed by atoms with Gasteiger partial charge in [-0.1, -0.05) is 0 Å². The van der Waals surface area contributed by atoms with Gasteiger partial charge in [-0.05, 0) is 12.8 Å². The van der Waals surface area contributed by atoms with Crippen LogP contribution in [0.5, 0.6) is 0 Å². The summed E-state index contributed by atoms with van der Waals surface area (Å²) in [6.07, 6.45) is -12.0. The molecule has 1 saturated heterocycles. The van der Waals surface area contributed by atoms with Crippen LogP contribution in [-0.2, 0) is 4.74 Å². The lowest BCUT2D eigenvalue weighted by atomic mass is 9.84. The fourth-order valence-electron chi connectivity index (χ4n) is 2.14. The Morgan fingerprint density at radius 1 is 0.654 bits per heavy atom. The molecule has 1 aliphatic rings. The smallest absolute Gasteiger partial charge is 0.367 e. The molecule has 1 rings (SSSR count). The Kier molecular flexibility index (Phi) is 5.56. The predicted molar refractivity (Wildman–Crippen MR) is 55.5 cm³/mol. The zero-order chi connectivity index (χ0) is 21.0. The van der Waals surface area contributed by atoms with E-state index >= 15 is 0 Å². The van der Waals surface area contributed by atoms with Gasteiger partial charge in [0.15, 0.2) is 6.29 Å². The number of ether oxygens (including phenoxy) is 1. The van der Waals surface area contributed by atoms with E-state index < -0.39 is 67.4 Å². The van der Waals surface area contributed by atoms with Crippen LogP contribution in [0.3, 0.4) is 0 Å². The normalized spacial score (nSPS) is 24.7. The molecule has 2 atom stereocenters. The van der Waals surface area contributed by atoms with Crippen LogP contribution in [0.1, 0.15) is 12.8 Å². The van der Waals surface area contributed by atoms with E-state index in [9.17, 15) is 57.1 Å². The Balaban J connectivity index is 3.43. The lowest BCUT2D eigenvalue weighted by molar-refractivity contribution is -0.447. The second kappa shape index (κ2) is 6.27. The van der Waals surface area contributed by atoms with Gasteiger partial charge in [0.1, 0.15) is 0 Å². The summed E-state index contributed by atoms with van der Waals surface area (Å²) in [5.41, 5.74) is 0. The van der Waals surface area contributed by atoms with Gasteiger partial charge in [0, 0.05) is 6.61 Å². The van der Waals surface area contributed by atoms with Crippen molar-refractivity contribution in [2.75, 3.05) is 6.61 Å². The summed E-state index contributed by atoms with van der Waals surface area (Å²) in [7, 11) is 0. The Morgan fingerprint density at radius 3 is 1.46 bits per heavy atom. The zero-order valence-electron chi connectivity index (χ0n) is 12.0. The van der Waals surface area contributed by atoms with E-state index in [-0.39, 0.29) is 0 Å². The van der Waals surface area contributed by atoms with Crippen molar-refractivity contribution in [1.82, 2.24) is 0 Å². The Labute approximate surface area is 135 Å². The van der Waals surface area contributed by atoms with Crippen molar-refractivity contribution in [2.24, 2.45) is 5.92 Å². The highest BCUT2D eigenvalue weighted by atomic mass is 19.4. The number of hydrogen-bond acceptors (Lipinski definition) is 2. The fraction of sp³-hybridized carbons (Fsp3) is 1.00. The topological polar surface area (TPSA) is 29.5 Å². The van der Waals surface area contributed by atoms with E-state index in [1.54, 1.807) is 0 Å². The molecule has 0 saturated carbocycles. The molecule has 0 bridgehead atoms. The average molecular weight is 420 g/mol. The van der Waals surface area contributed by atoms with Crippen LogP contribution in [0, 0.1) is 5.92 Å². The predicted octanol–water partition coefficient (Wildman–Crippen LogP) is 4.47. The van der Waals surface area contributed by atoms with Crippen LogP contribution in [0.4, 0.5) is 57.1 Å². The van der Waals surface area contributed by atoms with E-state index in [1.165, 1.54) is 0 Å². The molecule has 156 valence electrons. The maximum absolute atomic E-state index is 13.7. The van der Waals surface area contributed by atoms with Crippen LogP contribution in [-0.4, -0.2) is 53.8 Å². The Hall–Kier alpha value is -0.990. The fourth-order valence-corrected chi connectivity index (χ4v) is 2.14. The van der Waals surface area contributed by atoms with E-state index in [2.05, 4.69) is 4.74 Å². The number of halogens is 13. The van der Waals surface area contributed by atoms with Gasteiger partial charge in [0.05, 0.1) is 5.92 Å². The Bertz CT molecular complexity index is 513. The molecule has 0 aromatic carbocycles. The van der Waals surface area contributed by atoms with Crippen LogP contribution in [0.2, 0.25) is 0 Å². The van der Waals surface area contributed by atoms with E-state index in [0.717, 1.165) is 0 Å². The highest BCUT2D eigenvalue weighted by Gasteiger charge is 2.91. The number of rotatable bonds is 5. The average Bonchev–Trinajstić information content (AvgIpc) is 2.45. The van der Waals surface area contributed by atoms with Gasteiger partial charge < -0.3 is 9.84 Å². The molecular weight excluding hydrogens is 411 g/mol. The standard InChI is InChI=1S/C11H9F13O2/c12-6(13,4-2-1-3-26-5(4)25)7(14,15)8(16,17)9(18,19)10(20,21)11(22,23)24/h4-5,25H,1-3H2/t4-,5+/m1/s1. The van der Waals surface area contributed by atoms with Crippen molar-refractivity contribution in [1.29, 1.82) is 0 Å². The van der Waals surface area contributed by atoms with Crippen molar-refractivity contribution in [3.63, 3.8) is 0 Å². The van der Waals surface area contributed by atoms with Crippen LogP contribution >= 0.6 is 0 Å². The van der Waals surface area contributed by atoms with Crippen LogP contribution in [0.25, 0.3) is 0 Å². The first-order valence-electron chi connectivity index (χ1n) is 6.52. The van der Waals surface area contributed by atoms with Crippen LogP contribution < -0.4 is 0 Å². The molecule has 1 N–H and O–H groups in total. The molecule has 26 heavy (non-hydrogen) atoms. The molecule has 0 aromatic rings. The van der Waals surface area contributed by atoms with E-state index in [4.69, 9.17) is 5.11 Å². The molecule has 2 nitrogen and oxygen atoms in total. The van der Waals surface area contributed by atoms with Crippen molar-refractivity contribution >= 4 is 0 Å². The molecule has 0 aliphatic carbocycles. The summed E-state index contributed by atoms with van der Waals surface area (Å²) >= 11 is 0. The molecule has 1 fully saturated rings. The second-order valence-corrected chi connectivity index (χ2v) is 5.43. The van der Waals surface area contributed by atoms with Gasteiger partial charge in [-0.3, -0.25) is 0 Å². The third-order valence-electron chi connectivity index (χ3n) is 3.72. The third kappa shape index (κ3) is 2.99. The highest BCUT2D eigenvalue weighted by Crippen LogP contribution is 2.61.